The Balaban J connectivity index is 1.73. The van der Waals surface area contributed by atoms with Crippen LogP contribution in [0.15, 0.2) is 47.4 Å². The molecule has 7 nitrogen and oxygen atoms in total. The molecule has 0 amide bonds. The SMILES string of the molecule is CCOC(=O)C1c2c1c(O)n(-c1ccc(-n3ccccc3=O)cc1F)c2O. The summed E-state index contributed by atoms with van der Waals surface area (Å²) < 4.78 is 21.7. The van der Waals surface area contributed by atoms with Crippen molar-refractivity contribution in [3.8, 4) is 23.1 Å². The predicted octanol–water partition coefficient (Wildman–Crippen LogP) is 2.19. The lowest BCUT2D eigenvalue weighted by atomic mass is 10.2. The van der Waals surface area contributed by atoms with Crippen molar-refractivity contribution in [2.75, 3.05) is 6.61 Å². The zero-order valence-electron chi connectivity index (χ0n) is 14.2. The van der Waals surface area contributed by atoms with Crippen molar-refractivity contribution in [3.05, 3.63) is 69.9 Å². The van der Waals surface area contributed by atoms with Crippen molar-refractivity contribution in [1.82, 2.24) is 9.13 Å². The van der Waals surface area contributed by atoms with Gasteiger partial charge in [0.25, 0.3) is 5.56 Å². The van der Waals surface area contributed by atoms with E-state index in [-0.39, 0.29) is 29.0 Å². The second-order valence-electron chi connectivity index (χ2n) is 6.04. The maximum Gasteiger partial charge on any atom is 0.318 e. The summed E-state index contributed by atoms with van der Waals surface area (Å²) in [5, 5.41) is 20.7. The molecule has 0 atom stereocenters. The van der Waals surface area contributed by atoms with Crippen molar-refractivity contribution in [1.29, 1.82) is 0 Å². The first-order chi connectivity index (χ1) is 13.0. The zero-order chi connectivity index (χ0) is 19.3. The average Bonchev–Trinajstić information content (AvgIpc) is 3.34. The Morgan fingerprint density at radius 2 is 1.89 bits per heavy atom. The minimum atomic E-state index is -0.813. The number of pyridine rings is 1. The van der Waals surface area contributed by atoms with Gasteiger partial charge in [0, 0.05) is 29.5 Å². The molecule has 0 aliphatic heterocycles. The molecule has 4 rings (SSSR count). The van der Waals surface area contributed by atoms with Gasteiger partial charge in [-0.25, -0.2) is 8.96 Å². The lowest BCUT2D eigenvalue weighted by Gasteiger charge is -2.13. The zero-order valence-corrected chi connectivity index (χ0v) is 14.2. The van der Waals surface area contributed by atoms with E-state index in [0.717, 1.165) is 10.6 Å². The Hall–Kier alpha value is -3.55. The molecular formula is C19H15FN2O5. The Morgan fingerprint density at radius 1 is 1.19 bits per heavy atom. The Bertz CT molecular complexity index is 1100. The Kier molecular flexibility index (Phi) is 3.76. The number of nitrogens with zero attached hydrogens (tertiary/aromatic N) is 2. The number of aromatic hydroxyl groups is 2. The number of benzene rings is 1. The van der Waals surface area contributed by atoms with E-state index in [1.807, 2.05) is 0 Å². The smallest absolute Gasteiger partial charge is 0.318 e. The van der Waals surface area contributed by atoms with Gasteiger partial charge in [-0.3, -0.25) is 14.2 Å². The molecule has 27 heavy (non-hydrogen) atoms. The summed E-state index contributed by atoms with van der Waals surface area (Å²) in [7, 11) is 0. The van der Waals surface area contributed by atoms with Gasteiger partial charge in [-0.1, -0.05) is 6.07 Å². The molecule has 0 spiro atoms. The molecule has 0 fully saturated rings. The molecule has 2 aromatic heterocycles. The molecule has 1 aliphatic rings. The van der Waals surface area contributed by atoms with Crippen LogP contribution in [0, 0.1) is 5.82 Å². The van der Waals surface area contributed by atoms with E-state index in [4.69, 9.17) is 4.74 Å². The fraction of sp³-hybridized carbons (Fsp3) is 0.158. The minimum Gasteiger partial charge on any atom is -0.494 e. The average molecular weight is 370 g/mol. The number of hydrogen-bond acceptors (Lipinski definition) is 5. The van der Waals surface area contributed by atoms with Crippen molar-refractivity contribution in [3.63, 3.8) is 0 Å². The normalized spacial score (nSPS) is 12.7. The Labute approximate surface area is 152 Å². The van der Waals surface area contributed by atoms with Crippen LogP contribution in [0.25, 0.3) is 11.4 Å². The molecule has 2 heterocycles. The van der Waals surface area contributed by atoms with Crippen LogP contribution >= 0.6 is 0 Å². The molecule has 0 saturated carbocycles. The molecule has 138 valence electrons. The topological polar surface area (TPSA) is 93.7 Å². The summed E-state index contributed by atoms with van der Waals surface area (Å²) in [6.07, 6.45) is 1.50. The number of carbonyl (C=O) groups excluding carboxylic acids is 1. The summed E-state index contributed by atoms with van der Waals surface area (Å²) in [6, 6.07) is 8.52. The maximum atomic E-state index is 14.7. The number of esters is 1. The maximum absolute atomic E-state index is 14.7. The third-order valence-electron chi connectivity index (χ3n) is 4.48. The standard InChI is InChI=1S/C19H15FN2O5/c1-2-27-19(26)16-14-15(16)18(25)22(17(14)24)12-7-6-10(9-11(12)20)21-8-4-3-5-13(21)23/h3-9,16,24-25H,2H2,1H3. The number of rotatable bonds is 4. The number of ether oxygens (including phenoxy) is 1. The highest BCUT2D eigenvalue weighted by Crippen LogP contribution is 2.58. The van der Waals surface area contributed by atoms with Crippen LogP contribution < -0.4 is 5.56 Å². The van der Waals surface area contributed by atoms with Gasteiger partial charge >= 0.3 is 5.97 Å². The fourth-order valence-corrected chi connectivity index (χ4v) is 3.22. The first-order valence-electron chi connectivity index (χ1n) is 8.26. The molecule has 1 aliphatic carbocycles. The first-order valence-corrected chi connectivity index (χ1v) is 8.26. The predicted molar refractivity (Wildman–Crippen MR) is 93.1 cm³/mol. The summed E-state index contributed by atoms with van der Waals surface area (Å²) in [5.74, 6) is -2.96. The molecule has 0 bridgehead atoms. The van der Waals surface area contributed by atoms with Gasteiger partial charge in [0.1, 0.15) is 11.7 Å². The lowest BCUT2D eigenvalue weighted by molar-refractivity contribution is -0.142. The lowest BCUT2D eigenvalue weighted by Crippen LogP contribution is -2.16. The van der Waals surface area contributed by atoms with E-state index in [2.05, 4.69) is 0 Å². The van der Waals surface area contributed by atoms with E-state index in [1.165, 1.54) is 29.0 Å². The van der Waals surface area contributed by atoms with Gasteiger partial charge in [-0.15, -0.1) is 0 Å². The molecule has 0 radical (unpaired) electrons. The quantitative estimate of drug-likeness (QED) is 0.687. The molecule has 2 N–H and O–H groups in total. The Morgan fingerprint density at radius 3 is 2.48 bits per heavy atom. The minimum absolute atomic E-state index is 0.104. The summed E-state index contributed by atoms with van der Waals surface area (Å²) in [4.78, 5) is 23.7. The molecule has 0 saturated heterocycles. The second kappa shape index (κ2) is 6.01. The van der Waals surface area contributed by atoms with Gasteiger partial charge in [0.15, 0.2) is 0 Å². The van der Waals surface area contributed by atoms with E-state index < -0.39 is 29.5 Å². The summed E-state index contributed by atoms with van der Waals surface area (Å²) in [6.45, 7) is 1.83. The number of hydrogen-bond donors (Lipinski definition) is 2. The second-order valence-corrected chi connectivity index (χ2v) is 6.04. The van der Waals surface area contributed by atoms with E-state index in [0.29, 0.717) is 5.69 Å². The van der Waals surface area contributed by atoms with Gasteiger partial charge in [0.05, 0.1) is 18.0 Å². The van der Waals surface area contributed by atoms with Gasteiger partial charge in [-0.05, 0) is 25.1 Å². The number of aromatic nitrogens is 2. The van der Waals surface area contributed by atoms with E-state index in [1.54, 1.807) is 19.1 Å². The molecule has 0 unspecified atom stereocenters. The first kappa shape index (κ1) is 16.9. The number of carbonyl (C=O) groups is 1. The largest absolute Gasteiger partial charge is 0.494 e. The van der Waals surface area contributed by atoms with Crippen molar-refractivity contribution < 1.29 is 24.1 Å². The summed E-state index contributed by atoms with van der Waals surface area (Å²) >= 11 is 0. The highest BCUT2D eigenvalue weighted by atomic mass is 19.1. The van der Waals surface area contributed by atoms with Crippen molar-refractivity contribution in [2.24, 2.45) is 0 Å². The van der Waals surface area contributed by atoms with Gasteiger partial charge in [0.2, 0.25) is 11.8 Å². The van der Waals surface area contributed by atoms with Crippen LogP contribution in [-0.4, -0.2) is 31.9 Å². The van der Waals surface area contributed by atoms with Crippen molar-refractivity contribution >= 4 is 5.97 Å². The summed E-state index contributed by atoms with van der Waals surface area (Å²) in [5.41, 5.74) is 0.337. The molecule has 3 aromatic rings. The highest BCUT2D eigenvalue weighted by molar-refractivity contribution is 5.94. The third-order valence-corrected chi connectivity index (χ3v) is 4.48. The van der Waals surface area contributed by atoms with E-state index >= 15 is 0 Å². The van der Waals surface area contributed by atoms with Crippen LogP contribution in [0.5, 0.6) is 11.8 Å². The molecular weight excluding hydrogens is 355 g/mol. The van der Waals surface area contributed by atoms with E-state index in [9.17, 15) is 24.2 Å². The van der Waals surface area contributed by atoms with Crippen LogP contribution in [0.4, 0.5) is 4.39 Å². The molecule has 8 heteroatoms. The monoisotopic (exact) mass is 370 g/mol. The van der Waals surface area contributed by atoms with Gasteiger partial charge in [-0.2, -0.15) is 0 Å². The third kappa shape index (κ3) is 2.49. The van der Waals surface area contributed by atoms with Crippen LogP contribution in [0.3, 0.4) is 0 Å². The van der Waals surface area contributed by atoms with Crippen molar-refractivity contribution in [2.45, 2.75) is 12.8 Å². The van der Waals surface area contributed by atoms with Crippen LogP contribution in [0.1, 0.15) is 24.0 Å². The highest BCUT2D eigenvalue weighted by Gasteiger charge is 2.50. The van der Waals surface area contributed by atoms with Crippen LogP contribution in [-0.2, 0) is 9.53 Å². The number of halogens is 1. The fourth-order valence-electron chi connectivity index (χ4n) is 3.22. The van der Waals surface area contributed by atoms with Crippen LogP contribution in [0.2, 0.25) is 0 Å². The number of fused-ring (bicyclic) bond motifs is 1. The molecule has 1 aromatic carbocycles. The van der Waals surface area contributed by atoms with Gasteiger partial charge < -0.3 is 14.9 Å².